The van der Waals surface area contributed by atoms with Gasteiger partial charge in [0.25, 0.3) is 17.4 Å². The zero-order valence-corrected chi connectivity index (χ0v) is 23.4. The first kappa shape index (κ1) is 28.3. The number of esters is 1. The number of rotatable bonds is 9. The van der Waals surface area contributed by atoms with E-state index in [-0.39, 0.29) is 43.3 Å². The first-order valence-corrected chi connectivity index (χ1v) is 14.8. The molecular weight excluding hydrogens is 540 g/mol. The number of anilines is 3. The zero-order chi connectivity index (χ0) is 28.3. The van der Waals surface area contributed by atoms with Crippen molar-refractivity contribution in [2.45, 2.75) is 51.4 Å². The van der Waals surface area contributed by atoms with Gasteiger partial charge in [-0.25, -0.2) is 13.5 Å². The molecule has 216 valence electrons. The molecule has 1 saturated carbocycles. The minimum absolute atomic E-state index is 0.0492. The summed E-state index contributed by atoms with van der Waals surface area (Å²) in [4.78, 5) is 40.6. The van der Waals surface area contributed by atoms with Crippen LogP contribution in [0.2, 0.25) is 0 Å². The molecule has 3 fully saturated rings. The van der Waals surface area contributed by atoms with E-state index in [1.165, 1.54) is 41.7 Å². The molecule has 1 aromatic heterocycles. The highest BCUT2D eigenvalue weighted by Crippen LogP contribution is 2.54. The SMILES string of the molecule is CCOC(=O)CSNc1ccc(C(=O)Nc2cccn(N3CCC(F)(F)CC3)c2=O)c(N2CCC3(CC2)CC3)c1. The van der Waals surface area contributed by atoms with Crippen LogP contribution in [0.3, 0.4) is 0 Å². The van der Waals surface area contributed by atoms with Gasteiger partial charge in [-0.3, -0.25) is 14.4 Å². The molecule has 2 aliphatic heterocycles. The number of benzene rings is 1. The summed E-state index contributed by atoms with van der Waals surface area (Å²) in [7, 11) is 0. The van der Waals surface area contributed by atoms with Gasteiger partial charge in [0, 0.05) is 50.9 Å². The van der Waals surface area contributed by atoms with Crippen LogP contribution in [-0.4, -0.2) is 61.0 Å². The summed E-state index contributed by atoms with van der Waals surface area (Å²) in [6.45, 7) is 3.84. The lowest BCUT2D eigenvalue weighted by molar-refractivity contribution is -0.139. The highest BCUT2D eigenvalue weighted by Gasteiger charge is 2.44. The minimum Gasteiger partial charge on any atom is -0.465 e. The lowest BCUT2D eigenvalue weighted by Crippen LogP contribution is -2.49. The average Bonchev–Trinajstić information content (AvgIpc) is 3.69. The van der Waals surface area contributed by atoms with Crippen LogP contribution < -0.4 is 25.5 Å². The summed E-state index contributed by atoms with van der Waals surface area (Å²) in [5.74, 6) is -3.32. The van der Waals surface area contributed by atoms with Crippen LogP contribution in [0.25, 0.3) is 0 Å². The predicted molar refractivity (Wildman–Crippen MR) is 153 cm³/mol. The molecule has 2 aromatic rings. The fraction of sp³-hybridized carbons (Fsp3) is 0.536. The Morgan fingerprint density at radius 1 is 1.02 bits per heavy atom. The largest absolute Gasteiger partial charge is 0.465 e. The summed E-state index contributed by atoms with van der Waals surface area (Å²) in [6, 6.07) is 8.52. The van der Waals surface area contributed by atoms with Gasteiger partial charge >= 0.3 is 5.97 Å². The second kappa shape index (κ2) is 11.7. The molecule has 1 amide bonds. The summed E-state index contributed by atoms with van der Waals surface area (Å²) in [5, 5.41) is 4.34. The van der Waals surface area contributed by atoms with Gasteiger partial charge in [-0.15, -0.1) is 0 Å². The number of carbonyl (C=O) groups excluding carboxylic acids is 2. The maximum absolute atomic E-state index is 13.6. The number of nitrogens with one attached hydrogen (secondary N) is 2. The summed E-state index contributed by atoms with van der Waals surface area (Å²) >= 11 is 1.21. The van der Waals surface area contributed by atoms with E-state index in [2.05, 4.69) is 14.9 Å². The molecule has 2 N–H and O–H groups in total. The van der Waals surface area contributed by atoms with Gasteiger partial charge in [0.05, 0.1) is 17.9 Å². The highest BCUT2D eigenvalue weighted by atomic mass is 32.2. The smallest absolute Gasteiger partial charge is 0.317 e. The zero-order valence-electron chi connectivity index (χ0n) is 22.6. The number of ether oxygens (including phenoxy) is 1. The molecule has 3 heterocycles. The quantitative estimate of drug-likeness (QED) is 0.334. The van der Waals surface area contributed by atoms with Crippen LogP contribution in [0, 0.1) is 5.41 Å². The van der Waals surface area contributed by atoms with Crippen LogP contribution in [0.4, 0.5) is 25.8 Å². The van der Waals surface area contributed by atoms with E-state index in [0.29, 0.717) is 17.6 Å². The van der Waals surface area contributed by atoms with Gasteiger partial charge < -0.3 is 24.7 Å². The van der Waals surface area contributed by atoms with Gasteiger partial charge in [0.15, 0.2) is 0 Å². The molecule has 1 aromatic carbocycles. The Bertz CT molecular complexity index is 1300. The molecule has 0 unspecified atom stereocenters. The van der Waals surface area contributed by atoms with Crippen molar-refractivity contribution >= 4 is 40.9 Å². The number of hydrogen-bond donors (Lipinski definition) is 2. The van der Waals surface area contributed by atoms with Crippen LogP contribution in [0.1, 0.15) is 55.8 Å². The maximum atomic E-state index is 13.6. The molecule has 3 aliphatic rings. The summed E-state index contributed by atoms with van der Waals surface area (Å²) in [6.07, 6.45) is 5.54. The van der Waals surface area contributed by atoms with Crippen molar-refractivity contribution in [3.05, 3.63) is 52.4 Å². The first-order valence-electron chi connectivity index (χ1n) is 13.8. The standard InChI is InChI=1S/C28H35F2N5O4S/c1-2-39-24(36)19-40-32-20-5-6-21(23(18-20)33-14-9-27(7-8-27)10-15-33)25(37)31-22-4-3-13-35(26(22)38)34-16-11-28(29,30)12-17-34/h3-6,13,18,32H,2,7-12,14-17,19H2,1H3,(H,31,37). The number of halogens is 2. The Balaban J connectivity index is 1.34. The van der Waals surface area contributed by atoms with Gasteiger partial charge in [-0.1, -0.05) is 0 Å². The van der Waals surface area contributed by atoms with E-state index in [0.717, 1.165) is 37.3 Å². The van der Waals surface area contributed by atoms with Crippen molar-refractivity contribution in [2.75, 3.05) is 58.5 Å². The molecule has 9 nitrogen and oxygen atoms in total. The fourth-order valence-corrected chi connectivity index (χ4v) is 5.92. The van der Waals surface area contributed by atoms with Crippen LogP contribution >= 0.6 is 11.9 Å². The van der Waals surface area contributed by atoms with E-state index in [1.807, 2.05) is 6.07 Å². The van der Waals surface area contributed by atoms with E-state index in [1.54, 1.807) is 30.1 Å². The third kappa shape index (κ3) is 6.54. The Kier molecular flexibility index (Phi) is 8.25. The van der Waals surface area contributed by atoms with Crippen molar-refractivity contribution in [1.29, 1.82) is 0 Å². The molecule has 12 heteroatoms. The Morgan fingerprint density at radius 3 is 2.42 bits per heavy atom. The number of amides is 1. The predicted octanol–water partition coefficient (Wildman–Crippen LogP) is 4.47. The van der Waals surface area contributed by atoms with Crippen LogP contribution in [0.5, 0.6) is 0 Å². The van der Waals surface area contributed by atoms with Crippen molar-refractivity contribution in [3.63, 3.8) is 0 Å². The topological polar surface area (TPSA) is 95.9 Å². The number of piperidine rings is 2. The molecule has 1 spiro atoms. The number of hydrogen-bond acceptors (Lipinski definition) is 8. The average molecular weight is 576 g/mol. The van der Waals surface area contributed by atoms with E-state index in [4.69, 9.17) is 4.74 Å². The normalized spacial score (nSPS) is 19.3. The van der Waals surface area contributed by atoms with Crippen LogP contribution in [-0.2, 0) is 9.53 Å². The Morgan fingerprint density at radius 2 is 1.75 bits per heavy atom. The molecule has 0 bridgehead atoms. The van der Waals surface area contributed by atoms with Crippen LogP contribution in [0.15, 0.2) is 41.3 Å². The maximum Gasteiger partial charge on any atom is 0.317 e. The number of alkyl halides is 2. The van der Waals surface area contributed by atoms with Gasteiger partial charge in [-0.2, -0.15) is 0 Å². The van der Waals surface area contributed by atoms with Gasteiger partial charge in [0.2, 0.25) is 0 Å². The third-order valence-electron chi connectivity index (χ3n) is 8.00. The molecular formula is C28H35F2N5O4S. The van der Waals surface area contributed by atoms with Crippen molar-refractivity contribution in [2.24, 2.45) is 5.41 Å². The lowest BCUT2D eigenvalue weighted by atomic mass is 9.93. The van der Waals surface area contributed by atoms with Gasteiger partial charge in [-0.05, 0) is 80.3 Å². The summed E-state index contributed by atoms with van der Waals surface area (Å²) in [5.41, 5.74) is 2.00. The Labute approximate surface area is 236 Å². The van der Waals surface area contributed by atoms with Crippen molar-refractivity contribution < 1.29 is 23.1 Å². The van der Waals surface area contributed by atoms with Gasteiger partial charge in [0.1, 0.15) is 11.4 Å². The molecule has 2 saturated heterocycles. The van der Waals surface area contributed by atoms with E-state index < -0.39 is 17.4 Å². The highest BCUT2D eigenvalue weighted by molar-refractivity contribution is 8.01. The van der Waals surface area contributed by atoms with E-state index >= 15 is 0 Å². The lowest BCUT2D eigenvalue weighted by Gasteiger charge is -2.35. The molecule has 0 radical (unpaired) electrons. The Hall–Kier alpha value is -3.28. The molecule has 1 aliphatic carbocycles. The fourth-order valence-electron chi connectivity index (χ4n) is 5.36. The second-order valence-electron chi connectivity index (χ2n) is 10.8. The van der Waals surface area contributed by atoms with E-state index in [9.17, 15) is 23.2 Å². The van der Waals surface area contributed by atoms with Crippen molar-refractivity contribution in [1.82, 2.24) is 4.68 Å². The number of carbonyl (C=O) groups is 2. The number of aromatic nitrogens is 1. The first-order chi connectivity index (χ1) is 19.2. The monoisotopic (exact) mass is 575 g/mol. The second-order valence-corrected chi connectivity index (χ2v) is 11.5. The molecule has 5 rings (SSSR count). The molecule has 40 heavy (non-hydrogen) atoms. The third-order valence-corrected chi connectivity index (χ3v) is 8.76. The molecule has 0 atom stereocenters. The number of pyridine rings is 1. The number of nitrogens with zero attached hydrogens (tertiary/aromatic N) is 3. The minimum atomic E-state index is -2.73. The summed E-state index contributed by atoms with van der Waals surface area (Å²) < 4.78 is 36.7. The van der Waals surface area contributed by atoms with Crippen molar-refractivity contribution in [3.8, 4) is 0 Å².